The minimum atomic E-state index is -4.38. The Labute approximate surface area is 140 Å². The van der Waals surface area contributed by atoms with Gasteiger partial charge in [-0.2, -0.15) is 13.2 Å². The summed E-state index contributed by atoms with van der Waals surface area (Å²) in [6.07, 6.45) is 2.15. The normalized spacial score (nSPS) is 18.1. The van der Waals surface area contributed by atoms with Crippen molar-refractivity contribution in [1.29, 1.82) is 0 Å². The van der Waals surface area contributed by atoms with Crippen molar-refractivity contribution in [2.75, 3.05) is 5.32 Å². The molecule has 0 unspecified atom stereocenters. The van der Waals surface area contributed by atoms with E-state index in [1.54, 1.807) is 0 Å². The van der Waals surface area contributed by atoms with E-state index in [1.807, 2.05) is 6.08 Å². The average molecular weight is 337 g/mol. The first-order valence-corrected chi connectivity index (χ1v) is 7.96. The highest BCUT2D eigenvalue weighted by Gasteiger charge is 2.30. The molecular formula is C19H22F3NO. The fraction of sp³-hybridized carbons (Fsp3) is 0.421. The SMILES string of the molecule is CC1=C(C=CC(=O)Nc2ccc(C(F)(F)F)cc2)C(C)(C)CCC1. The molecule has 130 valence electrons. The van der Waals surface area contributed by atoms with Crippen LogP contribution in [0.3, 0.4) is 0 Å². The molecular weight excluding hydrogens is 315 g/mol. The van der Waals surface area contributed by atoms with Gasteiger partial charge in [0.05, 0.1) is 5.56 Å². The predicted octanol–water partition coefficient (Wildman–Crippen LogP) is 5.73. The summed E-state index contributed by atoms with van der Waals surface area (Å²) in [4.78, 5) is 12.0. The molecule has 1 aliphatic carbocycles. The van der Waals surface area contributed by atoms with Gasteiger partial charge in [-0.1, -0.05) is 25.5 Å². The molecule has 0 atom stereocenters. The molecule has 0 bridgehead atoms. The van der Waals surface area contributed by atoms with E-state index in [1.165, 1.54) is 23.8 Å². The zero-order valence-electron chi connectivity index (χ0n) is 14.1. The minimum Gasteiger partial charge on any atom is -0.323 e. The number of amides is 1. The van der Waals surface area contributed by atoms with Crippen molar-refractivity contribution in [3.05, 3.63) is 53.1 Å². The second-order valence-corrected chi connectivity index (χ2v) is 6.83. The second kappa shape index (κ2) is 6.83. The Hall–Kier alpha value is -2.04. The number of hydrogen-bond acceptors (Lipinski definition) is 1. The van der Waals surface area contributed by atoms with E-state index in [4.69, 9.17) is 0 Å². The number of hydrogen-bond donors (Lipinski definition) is 1. The van der Waals surface area contributed by atoms with Crippen molar-refractivity contribution < 1.29 is 18.0 Å². The largest absolute Gasteiger partial charge is 0.416 e. The summed E-state index contributed by atoms with van der Waals surface area (Å²) >= 11 is 0. The molecule has 2 nitrogen and oxygen atoms in total. The number of carbonyl (C=O) groups excluding carboxylic acids is 1. The Morgan fingerprint density at radius 1 is 1.21 bits per heavy atom. The molecule has 0 spiro atoms. The maximum atomic E-state index is 12.5. The fourth-order valence-electron chi connectivity index (χ4n) is 3.10. The van der Waals surface area contributed by atoms with E-state index < -0.39 is 11.7 Å². The Morgan fingerprint density at radius 3 is 2.38 bits per heavy atom. The first kappa shape index (κ1) is 18.3. The summed E-state index contributed by atoms with van der Waals surface area (Å²) in [6.45, 7) is 6.39. The first-order chi connectivity index (χ1) is 11.1. The summed E-state index contributed by atoms with van der Waals surface area (Å²) in [5.41, 5.74) is 2.08. The van der Waals surface area contributed by atoms with E-state index in [0.717, 1.165) is 37.0 Å². The van der Waals surface area contributed by atoms with Gasteiger partial charge in [0.25, 0.3) is 0 Å². The van der Waals surface area contributed by atoms with Gasteiger partial charge in [0, 0.05) is 11.8 Å². The predicted molar refractivity (Wildman–Crippen MR) is 89.5 cm³/mol. The van der Waals surface area contributed by atoms with Crippen molar-refractivity contribution in [2.45, 2.75) is 46.2 Å². The summed E-state index contributed by atoms with van der Waals surface area (Å²) in [6, 6.07) is 4.42. The van der Waals surface area contributed by atoms with Crippen LogP contribution in [0.15, 0.2) is 47.6 Å². The van der Waals surface area contributed by atoms with Crippen LogP contribution in [-0.2, 0) is 11.0 Å². The number of nitrogens with one attached hydrogen (secondary N) is 1. The van der Waals surface area contributed by atoms with Crippen LogP contribution < -0.4 is 5.32 Å². The van der Waals surface area contributed by atoms with Crippen LogP contribution >= 0.6 is 0 Å². The van der Waals surface area contributed by atoms with Gasteiger partial charge in [-0.05, 0) is 61.4 Å². The van der Waals surface area contributed by atoms with Crippen LogP contribution in [0, 0.1) is 5.41 Å². The summed E-state index contributed by atoms with van der Waals surface area (Å²) in [5, 5.41) is 2.59. The Morgan fingerprint density at radius 2 is 1.83 bits per heavy atom. The van der Waals surface area contributed by atoms with Crippen molar-refractivity contribution in [2.24, 2.45) is 5.41 Å². The lowest BCUT2D eigenvalue weighted by Gasteiger charge is -2.32. The second-order valence-electron chi connectivity index (χ2n) is 6.83. The molecule has 1 N–H and O–H groups in total. The number of allylic oxidation sites excluding steroid dienone is 3. The van der Waals surface area contributed by atoms with Crippen LogP contribution in [0.5, 0.6) is 0 Å². The molecule has 1 amide bonds. The van der Waals surface area contributed by atoms with Gasteiger partial charge in [0.1, 0.15) is 0 Å². The van der Waals surface area contributed by atoms with Crippen LogP contribution in [0.4, 0.5) is 18.9 Å². The Balaban J connectivity index is 2.05. The van der Waals surface area contributed by atoms with Gasteiger partial charge in [-0.25, -0.2) is 0 Å². The standard InChI is InChI=1S/C19H22F3NO/c1-13-5-4-12-18(2,3)16(13)10-11-17(24)23-15-8-6-14(7-9-15)19(20,21)22/h6-11H,4-5,12H2,1-3H3,(H,23,24). The third-order valence-corrected chi connectivity index (χ3v) is 4.42. The maximum Gasteiger partial charge on any atom is 0.416 e. The molecule has 0 heterocycles. The van der Waals surface area contributed by atoms with E-state index >= 15 is 0 Å². The third-order valence-electron chi connectivity index (χ3n) is 4.42. The number of alkyl halides is 3. The highest BCUT2D eigenvalue weighted by Crippen LogP contribution is 2.40. The Bertz CT molecular complexity index is 667. The van der Waals surface area contributed by atoms with E-state index in [-0.39, 0.29) is 11.3 Å². The van der Waals surface area contributed by atoms with Gasteiger partial charge in [-0.15, -0.1) is 0 Å². The maximum absolute atomic E-state index is 12.5. The molecule has 5 heteroatoms. The van der Waals surface area contributed by atoms with Crippen molar-refractivity contribution in [3.8, 4) is 0 Å². The number of carbonyl (C=O) groups is 1. The summed E-state index contributed by atoms with van der Waals surface area (Å²) in [7, 11) is 0. The third kappa shape index (κ3) is 4.49. The Kier molecular flexibility index (Phi) is 5.21. The zero-order valence-corrected chi connectivity index (χ0v) is 14.1. The molecule has 2 rings (SSSR count). The van der Waals surface area contributed by atoms with Crippen LogP contribution in [0.2, 0.25) is 0 Å². The van der Waals surface area contributed by atoms with E-state index in [0.29, 0.717) is 5.69 Å². The molecule has 0 saturated heterocycles. The average Bonchev–Trinajstić information content (AvgIpc) is 2.45. The molecule has 0 aliphatic heterocycles. The van der Waals surface area contributed by atoms with Gasteiger partial charge < -0.3 is 5.32 Å². The monoisotopic (exact) mass is 337 g/mol. The molecule has 0 aromatic heterocycles. The van der Waals surface area contributed by atoms with Crippen molar-refractivity contribution in [3.63, 3.8) is 0 Å². The molecule has 0 fully saturated rings. The fourth-order valence-corrected chi connectivity index (χ4v) is 3.10. The molecule has 1 aromatic rings. The summed E-state index contributed by atoms with van der Waals surface area (Å²) in [5.74, 6) is -0.351. The van der Waals surface area contributed by atoms with E-state index in [9.17, 15) is 18.0 Å². The molecule has 1 aromatic carbocycles. The lowest BCUT2D eigenvalue weighted by molar-refractivity contribution is -0.137. The lowest BCUT2D eigenvalue weighted by atomic mass is 9.72. The molecule has 0 radical (unpaired) electrons. The van der Waals surface area contributed by atoms with Crippen molar-refractivity contribution >= 4 is 11.6 Å². The van der Waals surface area contributed by atoms with Gasteiger partial charge in [0.2, 0.25) is 5.91 Å². The first-order valence-electron chi connectivity index (χ1n) is 7.96. The van der Waals surface area contributed by atoms with E-state index in [2.05, 4.69) is 26.1 Å². The number of anilines is 1. The van der Waals surface area contributed by atoms with Gasteiger partial charge in [0.15, 0.2) is 0 Å². The summed E-state index contributed by atoms with van der Waals surface area (Å²) < 4.78 is 37.5. The number of benzene rings is 1. The highest BCUT2D eigenvalue weighted by molar-refractivity contribution is 5.99. The highest BCUT2D eigenvalue weighted by atomic mass is 19.4. The zero-order chi connectivity index (χ0) is 18.0. The number of halogens is 3. The minimum absolute atomic E-state index is 0.0352. The van der Waals surface area contributed by atoms with Crippen LogP contribution in [0.25, 0.3) is 0 Å². The smallest absolute Gasteiger partial charge is 0.323 e. The quantitative estimate of drug-likeness (QED) is 0.702. The van der Waals surface area contributed by atoms with Gasteiger partial charge >= 0.3 is 6.18 Å². The molecule has 0 saturated carbocycles. The van der Waals surface area contributed by atoms with Gasteiger partial charge in [-0.3, -0.25) is 4.79 Å². The van der Waals surface area contributed by atoms with Crippen LogP contribution in [0.1, 0.15) is 45.6 Å². The lowest BCUT2D eigenvalue weighted by Crippen LogP contribution is -2.19. The van der Waals surface area contributed by atoms with Crippen LogP contribution in [-0.4, -0.2) is 5.91 Å². The molecule has 1 aliphatic rings. The topological polar surface area (TPSA) is 29.1 Å². The number of rotatable bonds is 3. The molecule has 24 heavy (non-hydrogen) atoms. The van der Waals surface area contributed by atoms with Crippen molar-refractivity contribution in [1.82, 2.24) is 0 Å².